The average molecular weight is 612 g/mol. The van der Waals surface area contributed by atoms with Crippen LogP contribution in [0.5, 0.6) is 0 Å². The van der Waals surface area contributed by atoms with E-state index in [-0.39, 0.29) is 51.0 Å². The van der Waals surface area contributed by atoms with Gasteiger partial charge >= 0.3 is 26.2 Å². The molecule has 38 heavy (non-hydrogen) atoms. The molecule has 0 aliphatic heterocycles. The van der Waals surface area contributed by atoms with Crippen LogP contribution in [0.4, 0.5) is 0 Å². The van der Waals surface area contributed by atoms with E-state index in [2.05, 4.69) is 134 Å². The Morgan fingerprint density at radius 2 is 1.13 bits per heavy atom. The first-order valence-electron chi connectivity index (χ1n) is 12.6. The van der Waals surface area contributed by atoms with E-state index in [1.807, 2.05) is 0 Å². The Morgan fingerprint density at radius 1 is 0.579 bits per heavy atom. The Kier molecular flexibility index (Phi) is 10.6. The second-order valence-electron chi connectivity index (χ2n) is 9.41. The molecule has 0 atom stereocenters. The van der Waals surface area contributed by atoms with Gasteiger partial charge < -0.3 is 24.8 Å². The fourth-order valence-corrected chi connectivity index (χ4v) is 5.75. The molecule has 1 aliphatic rings. The first-order chi connectivity index (χ1) is 17.3. The molecule has 6 aromatic carbocycles. The third-order valence-corrected chi connectivity index (χ3v) is 7.33. The Morgan fingerprint density at radius 3 is 1.79 bits per heavy atom. The van der Waals surface area contributed by atoms with Gasteiger partial charge in [-0.1, -0.05) is 122 Å². The minimum Gasteiger partial charge on any atom is -1.00 e. The number of benzene rings is 5. The van der Waals surface area contributed by atoms with Gasteiger partial charge in [-0.05, 0) is 40.7 Å². The van der Waals surface area contributed by atoms with Crippen LogP contribution in [0.3, 0.4) is 0 Å². The number of fused-ring (bicyclic) bond motifs is 6. The van der Waals surface area contributed by atoms with Crippen molar-refractivity contribution < 1.29 is 51.0 Å². The summed E-state index contributed by atoms with van der Waals surface area (Å²) in [7, 11) is 0. The normalized spacial score (nSPS) is 11.3. The largest absolute Gasteiger partial charge is 3.00 e. The fraction of sp³-hybridized carbons (Fsp3) is 0.114. The minimum absolute atomic E-state index is 0. The van der Waals surface area contributed by atoms with Crippen LogP contribution in [0.2, 0.25) is 0 Å². The molecule has 0 N–H and O–H groups in total. The van der Waals surface area contributed by atoms with Gasteiger partial charge in [0.25, 0.3) is 0 Å². The van der Waals surface area contributed by atoms with Gasteiger partial charge in [-0.25, -0.2) is 0 Å². The predicted molar refractivity (Wildman–Crippen MR) is 150 cm³/mol. The van der Waals surface area contributed by atoms with E-state index in [0.717, 1.165) is 6.42 Å². The van der Waals surface area contributed by atoms with Gasteiger partial charge in [0.2, 0.25) is 0 Å². The van der Waals surface area contributed by atoms with Gasteiger partial charge in [-0.3, -0.25) is 0 Å². The molecule has 3 heteroatoms. The van der Waals surface area contributed by atoms with E-state index < -0.39 is 0 Å². The summed E-state index contributed by atoms with van der Waals surface area (Å²) in [6.45, 7) is 2.27. The number of hydrogen-bond acceptors (Lipinski definition) is 0. The molecule has 1 radical (unpaired) electrons. The molecule has 0 nitrogen and oxygen atoms in total. The van der Waals surface area contributed by atoms with Gasteiger partial charge in [0.15, 0.2) is 0 Å². The quantitative estimate of drug-likeness (QED) is 0.269. The van der Waals surface area contributed by atoms with E-state index >= 15 is 0 Å². The van der Waals surface area contributed by atoms with Crippen molar-refractivity contribution in [1.29, 1.82) is 0 Å². The molecular weight excluding hydrogens is 583 g/mol. The van der Waals surface area contributed by atoms with Crippen molar-refractivity contribution in [3.05, 3.63) is 150 Å². The molecule has 0 bridgehead atoms. The molecule has 0 spiro atoms. The van der Waals surface area contributed by atoms with Crippen molar-refractivity contribution >= 4 is 21.5 Å². The van der Waals surface area contributed by atoms with E-state index in [1.165, 1.54) is 61.3 Å². The van der Waals surface area contributed by atoms with Crippen molar-refractivity contribution in [1.82, 2.24) is 0 Å². The third kappa shape index (κ3) is 5.72. The second-order valence-corrected chi connectivity index (χ2v) is 9.41. The van der Waals surface area contributed by atoms with Crippen molar-refractivity contribution in [2.24, 2.45) is 0 Å². The summed E-state index contributed by atoms with van der Waals surface area (Å²) in [5.41, 5.74) is 8.64. The summed E-state index contributed by atoms with van der Waals surface area (Å²) >= 11 is 0. The maximum atomic E-state index is 2.29. The zero-order valence-electron chi connectivity index (χ0n) is 21.4. The maximum Gasteiger partial charge on any atom is 3.00 e. The summed E-state index contributed by atoms with van der Waals surface area (Å²) in [5.74, 6) is 0.609. The molecule has 0 aromatic heterocycles. The maximum absolute atomic E-state index is 2.29. The van der Waals surface area contributed by atoms with Crippen molar-refractivity contribution in [2.75, 3.05) is 0 Å². The van der Waals surface area contributed by atoms with E-state index in [9.17, 15) is 0 Å². The summed E-state index contributed by atoms with van der Waals surface area (Å²) in [4.78, 5) is 0. The molecule has 0 amide bonds. The van der Waals surface area contributed by atoms with Gasteiger partial charge in [-0.15, -0.1) is 39.7 Å². The Bertz CT molecular complexity index is 1570. The van der Waals surface area contributed by atoms with Gasteiger partial charge in [0.1, 0.15) is 0 Å². The molecule has 187 valence electrons. The minimum atomic E-state index is 0. The SMILES string of the molecule is CCC1c2ccccc2-c2ccccc21.[Cl-].[Cl-].[Zr+3].c1ccc(Cc2cccc3[cH-]c4ccccc4c23)cc1. The molecular formula is C35H29Cl2Zr. The summed E-state index contributed by atoms with van der Waals surface area (Å²) in [5, 5.41) is 5.46. The Hall–Kier alpha value is -2.57. The molecule has 6 aromatic rings. The molecule has 7 rings (SSSR count). The second kappa shape index (κ2) is 13.5. The summed E-state index contributed by atoms with van der Waals surface area (Å²) in [6.07, 6.45) is 2.18. The zero-order chi connectivity index (χ0) is 23.6. The first-order valence-corrected chi connectivity index (χ1v) is 12.6. The molecule has 0 saturated carbocycles. The monoisotopic (exact) mass is 609 g/mol. The van der Waals surface area contributed by atoms with Crippen LogP contribution in [0, 0.1) is 0 Å². The number of halogens is 2. The summed E-state index contributed by atoms with van der Waals surface area (Å²) < 4.78 is 0. The zero-order valence-corrected chi connectivity index (χ0v) is 25.3. The van der Waals surface area contributed by atoms with Crippen LogP contribution in [-0.2, 0) is 32.6 Å². The molecule has 0 fully saturated rings. The van der Waals surface area contributed by atoms with Crippen LogP contribution in [0.1, 0.15) is 41.5 Å². The topological polar surface area (TPSA) is 0 Å². The molecule has 1 aliphatic carbocycles. The van der Waals surface area contributed by atoms with Crippen LogP contribution in [-0.4, -0.2) is 0 Å². The standard InChI is InChI=1S/C20H15.C15H14.2ClH.Zr/c1-2-7-15(8-3-1)13-17-10-6-11-18-14-16-9-4-5-12-19(16)20(17)18;1-2-11-12-7-3-5-9-14(12)15-10-6-4-8-13(11)15;;;/h1-12,14H,13H2;3-11H,2H2,1H3;2*1H;/q-1;;;;+3/p-2. The Balaban J connectivity index is 0.000000202. The van der Waals surface area contributed by atoms with Crippen molar-refractivity contribution in [3.8, 4) is 11.1 Å². The first kappa shape index (κ1) is 30.0. The van der Waals surface area contributed by atoms with E-state index in [4.69, 9.17) is 0 Å². The summed E-state index contributed by atoms with van der Waals surface area (Å²) in [6, 6.07) is 45.8. The predicted octanol–water partition coefficient (Wildman–Crippen LogP) is 3.52. The van der Waals surface area contributed by atoms with Crippen LogP contribution in [0.15, 0.2) is 127 Å². The van der Waals surface area contributed by atoms with Crippen LogP contribution < -0.4 is 24.8 Å². The smallest absolute Gasteiger partial charge is 1.00 e. The number of rotatable bonds is 3. The Labute approximate surface area is 257 Å². The van der Waals surface area contributed by atoms with Crippen LogP contribution >= 0.6 is 0 Å². The number of hydrogen-bond donors (Lipinski definition) is 0. The van der Waals surface area contributed by atoms with Crippen molar-refractivity contribution in [3.63, 3.8) is 0 Å². The van der Waals surface area contributed by atoms with Gasteiger partial charge in [-0.2, -0.15) is 0 Å². The fourth-order valence-electron chi connectivity index (χ4n) is 5.75. The van der Waals surface area contributed by atoms with Gasteiger partial charge in [0.05, 0.1) is 0 Å². The van der Waals surface area contributed by atoms with Crippen molar-refractivity contribution in [2.45, 2.75) is 25.7 Å². The van der Waals surface area contributed by atoms with E-state index in [0.29, 0.717) is 5.92 Å². The van der Waals surface area contributed by atoms with Gasteiger partial charge in [0, 0.05) is 5.92 Å². The average Bonchev–Trinajstić information content (AvgIpc) is 3.46. The van der Waals surface area contributed by atoms with Crippen LogP contribution in [0.25, 0.3) is 32.7 Å². The molecule has 0 heterocycles. The third-order valence-electron chi connectivity index (χ3n) is 7.33. The molecule has 0 unspecified atom stereocenters. The van der Waals surface area contributed by atoms with E-state index in [1.54, 1.807) is 0 Å². The molecule has 0 saturated heterocycles.